The lowest BCUT2D eigenvalue weighted by molar-refractivity contribution is 1.03. The number of aromatic nitrogens is 3. The maximum Gasteiger partial charge on any atom is 0.0574 e. The average molecular weight is 489 g/mol. The number of hydrogen-bond donors (Lipinski definition) is 0. The SMILES string of the molecule is c1ccc(N(c2ccccc2)c2ccc3c(c2)c2ccccc2n3-c2ccc(-c3ccnnc3)cc2)cc1. The molecule has 5 aromatic carbocycles. The first kappa shape index (κ1) is 22.0. The zero-order valence-corrected chi connectivity index (χ0v) is 20.6. The molecule has 0 N–H and O–H groups in total. The van der Waals surface area contributed by atoms with E-state index in [4.69, 9.17) is 0 Å². The molecule has 0 saturated carbocycles. The number of nitrogens with zero attached hydrogens (tertiary/aromatic N) is 4. The second kappa shape index (κ2) is 9.34. The molecule has 0 saturated heterocycles. The van der Waals surface area contributed by atoms with Gasteiger partial charge in [-0.2, -0.15) is 10.2 Å². The summed E-state index contributed by atoms with van der Waals surface area (Å²) in [7, 11) is 0. The van der Waals surface area contributed by atoms with Gasteiger partial charge in [-0.05, 0) is 72.3 Å². The Morgan fingerprint density at radius 3 is 1.82 bits per heavy atom. The van der Waals surface area contributed by atoms with Crippen molar-refractivity contribution in [2.24, 2.45) is 0 Å². The molecule has 0 fully saturated rings. The quantitative estimate of drug-likeness (QED) is 0.243. The van der Waals surface area contributed by atoms with Gasteiger partial charge in [-0.15, -0.1) is 0 Å². The predicted octanol–water partition coefficient (Wildman–Crippen LogP) is 8.71. The molecular formula is C34H24N4. The molecular weight excluding hydrogens is 464 g/mol. The van der Waals surface area contributed by atoms with Gasteiger partial charge < -0.3 is 9.47 Å². The monoisotopic (exact) mass is 488 g/mol. The van der Waals surface area contributed by atoms with E-state index in [0.29, 0.717) is 0 Å². The van der Waals surface area contributed by atoms with Gasteiger partial charge in [0.25, 0.3) is 0 Å². The smallest absolute Gasteiger partial charge is 0.0574 e. The van der Waals surface area contributed by atoms with Gasteiger partial charge in [0.2, 0.25) is 0 Å². The van der Waals surface area contributed by atoms with Crippen molar-refractivity contribution in [3.05, 3.63) is 146 Å². The first-order valence-corrected chi connectivity index (χ1v) is 12.7. The molecule has 0 aliphatic carbocycles. The van der Waals surface area contributed by atoms with Crippen molar-refractivity contribution in [3.8, 4) is 16.8 Å². The van der Waals surface area contributed by atoms with Crippen LogP contribution in [0.1, 0.15) is 0 Å². The molecule has 38 heavy (non-hydrogen) atoms. The van der Waals surface area contributed by atoms with Crippen molar-refractivity contribution in [1.82, 2.24) is 14.8 Å². The Balaban J connectivity index is 1.40. The summed E-state index contributed by atoms with van der Waals surface area (Å²) in [5, 5.41) is 10.4. The largest absolute Gasteiger partial charge is 0.310 e. The number of fused-ring (bicyclic) bond motifs is 3. The highest BCUT2D eigenvalue weighted by molar-refractivity contribution is 6.10. The van der Waals surface area contributed by atoms with Gasteiger partial charge >= 0.3 is 0 Å². The Kier molecular flexibility index (Phi) is 5.41. The average Bonchev–Trinajstić information content (AvgIpc) is 3.33. The molecule has 0 atom stereocenters. The fraction of sp³-hybridized carbons (Fsp3) is 0. The Hall–Kier alpha value is -5.22. The van der Waals surface area contributed by atoms with E-state index in [1.54, 1.807) is 12.4 Å². The third-order valence-corrected chi connectivity index (χ3v) is 6.99. The highest BCUT2D eigenvalue weighted by Gasteiger charge is 2.17. The second-order valence-corrected chi connectivity index (χ2v) is 9.24. The fourth-order valence-corrected chi connectivity index (χ4v) is 5.24. The molecule has 0 radical (unpaired) electrons. The van der Waals surface area contributed by atoms with Crippen LogP contribution in [-0.2, 0) is 0 Å². The third kappa shape index (κ3) is 3.80. The minimum Gasteiger partial charge on any atom is -0.310 e. The molecule has 180 valence electrons. The van der Waals surface area contributed by atoms with E-state index in [9.17, 15) is 0 Å². The van der Waals surface area contributed by atoms with Gasteiger partial charge in [-0.25, -0.2) is 0 Å². The summed E-state index contributed by atoms with van der Waals surface area (Å²) in [5.74, 6) is 0. The predicted molar refractivity (Wildman–Crippen MR) is 156 cm³/mol. The first-order valence-electron chi connectivity index (χ1n) is 12.7. The van der Waals surface area contributed by atoms with Crippen molar-refractivity contribution in [1.29, 1.82) is 0 Å². The van der Waals surface area contributed by atoms with Crippen LogP contribution in [0.4, 0.5) is 17.1 Å². The summed E-state index contributed by atoms with van der Waals surface area (Å²) in [6.07, 6.45) is 3.52. The lowest BCUT2D eigenvalue weighted by atomic mass is 10.1. The molecule has 0 amide bonds. The summed E-state index contributed by atoms with van der Waals surface area (Å²) in [6, 6.07) is 47.1. The number of benzene rings is 5. The van der Waals surface area contributed by atoms with Gasteiger partial charge in [0.1, 0.15) is 0 Å². The van der Waals surface area contributed by atoms with Gasteiger partial charge in [0.15, 0.2) is 0 Å². The van der Waals surface area contributed by atoms with Crippen molar-refractivity contribution in [3.63, 3.8) is 0 Å². The van der Waals surface area contributed by atoms with Crippen LogP contribution in [0.15, 0.2) is 146 Å². The van der Waals surface area contributed by atoms with Crippen LogP contribution in [0, 0.1) is 0 Å². The lowest BCUT2D eigenvalue weighted by Crippen LogP contribution is -2.09. The zero-order valence-electron chi connectivity index (χ0n) is 20.6. The van der Waals surface area contributed by atoms with E-state index < -0.39 is 0 Å². The molecule has 0 unspecified atom stereocenters. The molecule has 0 bridgehead atoms. The van der Waals surface area contributed by atoms with Gasteiger partial charge in [-0.1, -0.05) is 66.7 Å². The molecule has 0 aliphatic rings. The minimum absolute atomic E-state index is 1.06. The molecule has 7 aromatic rings. The van der Waals surface area contributed by atoms with E-state index in [0.717, 1.165) is 33.9 Å². The number of hydrogen-bond acceptors (Lipinski definition) is 3. The maximum atomic E-state index is 4.02. The van der Waals surface area contributed by atoms with Crippen molar-refractivity contribution in [2.75, 3.05) is 4.90 Å². The first-order chi connectivity index (χ1) is 18.9. The molecule has 0 aliphatic heterocycles. The summed E-state index contributed by atoms with van der Waals surface area (Å²) in [5.41, 5.74) is 9.04. The van der Waals surface area contributed by atoms with Crippen LogP contribution in [0.2, 0.25) is 0 Å². The zero-order chi connectivity index (χ0) is 25.3. The van der Waals surface area contributed by atoms with Crippen LogP contribution in [0.3, 0.4) is 0 Å². The Morgan fingerprint density at radius 1 is 0.474 bits per heavy atom. The van der Waals surface area contributed by atoms with E-state index in [2.05, 4.69) is 147 Å². The van der Waals surface area contributed by atoms with Crippen LogP contribution >= 0.6 is 0 Å². The van der Waals surface area contributed by atoms with E-state index in [-0.39, 0.29) is 0 Å². The normalized spacial score (nSPS) is 11.2. The van der Waals surface area contributed by atoms with Crippen LogP contribution < -0.4 is 4.90 Å². The van der Waals surface area contributed by atoms with E-state index in [1.807, 2.05) is 6.07 Å². The van der Waals surface area contributed by atoms with Crippen LogP contribution in [-0.4, -0.2) is 14.8 Å². The molecule has 4 heteroatoms. The summed E-state index contributed by atoms with van der Waals surface area (Å²) >= 11 is 0. The number of para-hydroxylation sites is 3. The second-order valence-electron chi connectivity index (χ2n) is 9.24. The summed E-state index contributed by atoms with van der Waals surface area (Å²) in [6.45, 7) is 0. The van der Waals surface area contributed by atoms with E-state index in [1.165, 1.54) is 21.8 Å². The van der Waals surface area contributed by atoms with Crippen molar-refractivity contribution in [2.45, 2.75) is 0 Å². The highest BCUT2D eigenvalue weighted by atomic mass is 15.1. The lowest BCUT2D eigenvalue weighted by Gasteiger charge is -2.25. The summed E-state index contributed by atoms with van der Waals surface area (Å²) < 4.78 is 2.35. The number of rotatable bonds is 5. The maximum absolute atomic E-state index is 4.02. The van der Waals surface area contributed by atoms with E-state index >= 15 is 0 Å². The summed E-state index contributed by atoms with van der Waals surface area (Å²) in [4.78, 5) is 2.31. The van der Waals surface area contributed by atoms with Crippen LogP contribution in [0.25, 0.3) is 38.6 Å². The van der Waals surface area contributed by atoms with Crippen molar-refractivity contribution >= 4 is 38.9 Å². The fourth-order valence-electron chi connectivity index (χ4n) is 5.24. The Bertz CT molecular complexity index is 1800. The minimum atomic E-state index is 1.06. The standard InChI is InChI=1S/C34H24N4/c1-3-9-27(10-4-1)37(28-11-5-2-6-12-28)30-19-20-34-32(23-30)31-13-7-8-14-33(31)38(34)29-17-15-25(16-18-29)26-21-22-35-36-24-26/h1-24H. The Labute approximate surface area is 221 Å². The van der Waals surface area contributed by atoms with Gasteiger partial charge in [-0.3, -0.25) is 0 Å². The number of anilines is 3. The molecule has 4 nitrogen and oxygen atoms in total. The topological polar surface area (TPSA) is 34.0 Å². The van der Waals surface area contributed by atoms with Crippen LogP contribution in [0.5, 0.6) is 0 Å². The van der Waals surface area contributed by atoms with Gasteiger partial charge in [0.05, 0.1) is 23.4 Å². The highest BCUT2D eigenvalue weighted by Crippen LogP contribution is 2.39. The third-order valence-electron chi connectivity index (χ3n) is 6.99. The van der Waals surface area contributed by atoms with Crippen molar-refractivity contribution < 1.29 is 0 Å². The molecule has 0 spiro atoms. The Morgan fingerprint density at radius 2 is 1.13 bits per heavy atom. The molecule has 7 rings (SSSR count). The molecule has 2 aromatic heterocycles. The molecule has 2 heterocycles. The van der Waals surface area contributed by atoms with Gasteiger partial charge in [0, 0.05) is 39.1 Å².